The highest BCUT2D eigenvalue weighted by molar-refractivity contribution is 6.30. The molecule has 142 valence electrons. The number of nitro groups is 1. The number of benzene rings is 2. The molecule has 3 aromatic rings. The number of hydrogen-bond donors (Lipinski definition) is 0. The van der Waals surface area contributed by atoms with Gasteiger partial charge >= 0.3 is 5.97 Å². The van der Waals surface area contributed by atoms with Gasteiger partial charge in [-0.2, -0.15) is 5.10 Å². The SMILES string of the molecule is Cc1cc(=O)c(C(=O)OCc2ccccc2[N+](=O)[O-])nn1-c1ccc(Cl)cc1. The summed E-state index contributed by atoms with van der Waals surface area (Å²) in [5.74, 6) is -0.967. The number of ether oxygens (including phenoxy) is 1. The molecule has 1 aromatic heterocycles. The average Bonchev–Trinajstić information content (AvgIpc) is 2.67. The number of carbonyl (C=O) groups excluding carboxylic acids is 1. The van der Waals surface area contributed by atoms with E-state index in [1.54, 1.807) is 37.3 Å². The van der Waals surface area contributed by atoms with Gasteiger partial charge < -0.3 is 4.74 Å². The Balaban J connectivity index is 1.88. The topological polar surface area (TPSA) is 104 Å². The lowest BCUT2D eigenvalue weighted by Crippen LogP contribution is -2.24. The number of nitro benzene ring substituents is 1. The number of aryl methyl sites for hydroxylation is 1. The lowest BCUT2D eigenvalue weighted by atomic mass is 10.2. The van der Waals surface area contributed by atoms with Crippen LogP contribution in [-0.4, -0.2) is 20.7 Å². The third kappa shape index (κ3) is 4.07. The van der Waals surface area contributed by atoms with Crippen LogP contribution in [0.15, 0.2) is 59.4 Å². The predicted octanol–water partition coefficient (Wildman–Crippen LogP) is 3.46. The monoisotopic (exact) mass is 399 g/mol. The van der Waals surface area contributed by atoms with E-state index in [0.717, 1.165) is 0 Å². The maximum Gasteiger partial charge on any atom is 0.363 e. The zero-order valence-electron chi connectivity index (χ0n) is 14.7. The molecule has 0 spiro atoms. The Kier molecular flexibility index (Phi) is 5.51. The Bertz CT molecular complexity index is 1110. The molecule has 0 N–H and O–H groups in total. The van der Waals surface area contributed by atoms with Gasteiger partial charge in [0.1, 0.15) is 6.61 Å². The minimum absolute atomic E-state index is 0.175. The van der Waals surface area contributed by atoms with E-state index in [2.05, 4.69) is 5.10 Å². The molecule has 0 radical (unpaired) electrons. The van der Waals surface area contributed by atoms with Crippen molar-refractivity contribution >= 4 is 23.3 Å². The van der Waals surface area contributed by atoms with Crippen LogP contribution < -0.4 is 5.43 Å². The van der Waals surface area contributed by atoms with Gasteiger partial charge in [0.25, 0.3) is 5.69 Å². The molecule has 0 unspecified atom stereocenters. The molecule has 0 aliphatic rings. The molecule has 0 aliphatic carbocycles. The van der Waals surface area contributed by atoms with Crippen molar-refractivity contribution in [3.63, 3.8) is 0 Å². The number of esters is 1. The van der Waals surface area contributed by atoms with Crippen LogP contribution in [0, 0.1) is 17.0 Å². The number of halogens is 1. The lowest BCUT2D eigenvalue weighted by Gasteiger charge is -2.11. The van der Waals surface area contributed by atoms with Crippen molar-refractivity contribution in [2.45, 2.75) is 13.5 Å². The van der Waals surface area contributed by atoms with Crippen molar-refractivity contribution in [3.8, 4) is 5.69 Å². The zero-order valence-corrected chi connectivity index (χ0v) is 15.4. The lowest BCUT2D eigenvalue weighted by molar-refractivity contribution is -0.385. The minimum Gasteiger partial charge on any atom is -0.456 e. The molecule has 1 heterocycles. The molecule has 3 rings (SSSR count). The van der Waals surface area contributed by atoms with Gasteiger partial charge in [-0.3, -0.25) is 14.9 Å². The fourth-order valence-electron chi connectivity index (χ4n) is 2.56. The van der Waals surface area contributed by atoms with Crippen LogP contribution in [0.5, 0.6) is 0 Å². The number of hydrogen-bond acceptors (Lipinski definition) is 6. The third-order valence-electron chi connectivity index (χ3n) is 3.92. The van der Waals surface area contributed by atoms with Crippen molar-refractivity contribution in [1.29, 1.82) is 0 Å². The summed E-state index contributed by atoms with van der Waals surface area (Å²) in [4.78, 5) is 35.1. The molecule has 0 fully saturated rings. The summed E-state index contributed by atoms with van der Waals surface area (Å²) in [7, 11) is 0. The zero-order chi connectivity index (χ0) is 20.3. The van der Waals surface area contributed by atoms with E-state index >= 15 is 0 Å². The van der Waals surface area contributed by atoms with E-state index in [-0.39, 0.29) is 17.9 Å². The van der Waals surface area contributed by atoms with Crippen LogP contribution in [-0.2, 0) is 11.3 Å². The highest BCUT2D eigenvalue weighted by Gasteiger charge is 2.19. The van der Waals surface area contributed by atoms with Crippen molar-refractivity contribution in [2.75, 3.05) is 0 Å². The Morgan fingerprint density at radius 2 is 1.89 bits per heavy atom. The van der Waals surface area contributed by atoms with Crippen molar-refractivity contribution in [1.82, 2.24) is 9.78 Å². The normalized spacial score (nSPS) is 10.5. The van der Waals surface area contributed by atoms with Crippen molar-refractivity contribution < 1.29 is 14.5 Å². The Morgan fingerprint density at radius 3 is 2.57 bits per heavy atom. The molecule has 0 amide bonds. The van der Waals surface area contributed by atoms with Gasteiger partial charge in [-0.15, -0.1) is 0 Å². The molecular formula is C19H14ClN3O5. The first-order valence-corrected chi connectivity index (χ1v) is 8.51. The van der Waals surface area contributed by atoms with E-state index in [9.17, 15) is 19.7 Å². The summed E-state index contributed by atoms with van der Waals surface area (Å²) < 4.78 is 6.51. The fraction of sp³-hybridized carbons (Fsp3) is 0.105. The largest absolute Gasteiger partial charge is 0.456 e. The predicted molar refractivity (Wildman–Crippen MR) is 102 cm³/mol. The first-order valence-electron chi connectivity index (χ1n) is 8.13. The van der Waals surface area contributed by atoms with Crippen LogP contribution >= 0.6 is 11.6 Å². The maximum absolute atomic E-state index is 12.4. The fourth-order valence-corrected chi connectivity index (χ4v) is 2.68. The summed E-state index contributed by atoms with van der Waals surface area (Å²) in [5, 5.41) is 15.7. The van der Waals surface area contributed by atoms with Crippen LogP contribution in [0.25, 0.3) is 5.69 Å². The molecule has 0 atom stereocenters. The van der Waals surface area contributed by atoms with Crippen LogP contribution in [0.3, 0.4) is 0 Å². The van der Waals surface area contributed by atoms with E-state index in [1.165, 1.54) is 28.9 Å². The standard InChI is InChI=1S/C19H14ClN3O5/c1-12-10-17(24)18(21-22(12)15-8-6-14(20)7-9-15)19(25)28-11-13-4-2-3-5-16(13)23(26)27/h2-10H,11H2,1H3. The van der Waals surface area contributed by atoms with Gasteiger partial charge in [-0.25, -0.2) is 9.48 Å². The molecular weight excluding hydrogens is 386 g/mol. The molecule has 2 aromatic carbocycles. The third-order valence-corrected chi connectivity index (χ3v) is 4.17. The van der Waals surface area contributed by atoms with E-state index < -0.39 is 22.0 Å². The minimum atomic E-state index is -0.967. The molecule has 0 bridgehead atoms. The number of aromatic nitrogens is 2. The van der Waals surface area contributed by atoms with Crippen molar-refractivity contribution in [2.24, 2.45) is 0 Å². The highest BCUT2D eigenvalue weighted by Crippen LogP contribution is 2.19. The van der Waals surface area contributed by atoms with Gasteiger partial charge in [0.05, 0.1) is 16.2 Å². The van der Waals surface area contributed by atoms with Crippen LogP contribution in [0.4, 0.5) is 5.69 Å². The Morgan fingerprint density at radius 1 is 1.21 bits per heavy atom. The average molecular weight is 400 g/mol. The summed E-state index contributed by atoms with van der Waals surface area (Å²) in [5.41, 5.74) is 0.142. The van der Waals surface area contributed by atoms with Gasteiger partial charge in [-0.05, 0) is 37.3 Å². The maximum atomic E-state index is 12.4. The van der Waals surface area contributed by atoms with E-state index in [0.29, 0.717) is 16.4 Å². The molecule has 0 saturated carbocycles. The number of para-hydroxylation sites is 1. The smallest absolute Gasteiger partial charge is 0.363 e. The molecule has 9 heteroatoms. The number of nitrogens with zero attached hydrogens (tertiary/aromatic N) is 3. The first-order chi connectivity index (χ1) is 13.4. The van der Waals surface area contributed by atoms with Crippen LogP contribution in [0.2, 0.25) is 5.02 Å². The summed E-state index contributed by atoms with van der Waals surface area (Å²) in [6.45, 7) is 1.32. The molecule has 28 heavy (non-hydrogen) atoms. The van der Waals surface area contributed by atoms with Gasteiger partial charge in [-0.1, -0.05) is 23.7 Å². The second-order valence-corrected chi connectivity index (χ2v) is 6.29. The Labute approximate surface area is 164 Å². The summed E-state index contributed by atoms with van der Waals surface area (Å²) >= 11 is 5.88. The Hall–Kier alpha value is -3.52. The van der Waals surface area contributed by atoms with E-state index in [1.807, 2.05) is 0 Å². The number of rotatable bonds is 5. The summed E-state index contributed by atoms with van der Waals surface area (Å²) in [6, 6.07) is 13.8. The molecule has 0 aliphatic heterocycles. The van der Waals surface area contributed by atoms with Crippen LogP contribution in [0.1, 0.15) is 21.7 Å². The quantitative estimate of drug-likeness (QED) is 0.369. The number of carbonyl (C=O) groups is 1. The van der Waals surface area contributed by atoms with Gasteiger partial charge in [0.2, 0.25) is 11.1 Å². The van der Waals surface area contributed by atoms with Gasteiger partial charge in [0.15, 0.2) is 0 Å². The first kappa shape index (κ1) is 19.2. The molecule has 0 saturated heterocycles. The highest BCUT2D eigenvalue weighted by atomic mass is 35.5. The second kappa shape index (κ2) is 8.01. The van der Waals surface area contributed by atoms with Crippen molar-refractivity contribution in [3.05, 3.63) is 96.9 Å². The van der Waals surface area contributed by atoms with Gasteiger partial charge in [0, 0.05) is 22.8 Å². The second-order valence-electron chi connectivity index (χ2n) is 5.85. The molecule has 8 nitrogen and oxygen atoms in total. The summed E-state index contributed by atoms with van der Waals surface area (Å²) in [6.07, 6.45) is 0. The van der Waals surface area contributed by atoms with E-state index in [4.69, 9.17) is 16.3 Å².